The fraction of sp³-hybridized carbons (Fsp3) is 0.120. The predicted molar refractivity (Wildman–Crippen MR) is 133 cm³/mol. The third kappa shape index (κ3) is 4.61. The molecule has 4 aromatic rings. The molecule has 0 aliphatic carbocycles. The fourth-order valence-corrected chi connectivity index (χ4v) is 5.08. The van der Waals surface area contributed by atoms with E-state index >= 15 is 0 Å². The summed E-state index contributed by atoms with van der Waals surface area (Å²) in [5, 5.41) is 5.51. The molecule has 8 heteroatoms. The SMILES string of the molecule is O=C(Nc1cc(Cl)cc(-c2nccc3ccccc23)c1)c1ccc(N2CCOCS2=O)cc1. The summed E-state index contributed by atoms with van der Waals surface area (Å²) in [5.41, 5.74) is 3.48. The van der Waals surface area contributed by atoms with Crippen molar-refractivity contribution in [2.75, 3.05) is 28.7 Å². The van der Waals surface area contributed by atoms with Crippen LogP contribution in [0.3, 0.4) is 0 Å². The smallest absolute Gasteiger partial charge is 0.255 e. The van der Waals surface area contributed by atoms with Crippen LogP contribution in [-0.4, -0.2) is 34.2 Å². The maximum Gasteiger partial charge on any atom is 0.255 e. The molecule has 1 unspecified atom stereocenters. The molecule has 0 saturated carbocycles. The van der Waals surface area contributed by atoms with Gasteiger partial charge < -0.3 is 10.1 Å². The van der Waals surface area contributed by atoms with Gasteiger partial charge in [-0.25, -0.2) is 4.21 Å². The Morgan fingerprint density at radius 2 is 1.88 bits per heavy atom. The van der Waals surface area contributed by atoms with E-state index in [4.69, 9.17) is 16.3 Å². The van der Waals surface area contributed by atoms with Crippen LogP contribution in [-0.2, 0) is 15.7 Å². The highest BCUT2D eigenvalue weighted by Gasteiger charge is 2.19. The Labute approximate surface area is 198 Å². The van der Waals surface area contributed by atoms with Crippen molar-refractivity contribution in [3.05, 3.63) is 89.6 Å². The van der Waals surface area contributed by atoms with Gasteiger partial charge in [0.2, 0.25) is 0 Å². The van der Waals surface area contributed by atoms with Gasteiger partial charge in [0.1, 0.15) is 16.9 Å². The lowest BCUT2D eigenvalue weighted by molar-refractivity contribution is 0.102. The number of hydrogen-bond acceptors (Lipinski definition) is 4. The van der Waals surface area contributed by atoms with Crippen LogP contribution in [0.2, 0.25) is 5.02 Å². The Balaban J connectivity index is 1.39. The molecule has 1 aliphatic heterocycles. The lowest BCUT2D eigenvalue weighted by atomic mass is 10.0. The number of aromatic nitrogens is 1. The summed E-state index contributed by atoms with van der Waals surface area (Å²) >= 11 is 6.38. The summed E-state index contributed by atoms with van der Waals surface area (Å²) in [6.07, 6.45) is 1.76. The summed E-state index contributed by atoms with van der Waals surface area (Å²) in [7, 11) is -1.22. The largest absolute Gasteiger partial charge is 0.364 e. The standard InChI is InChI=1S/C25H20ClN3O3S/c26-20-13-19(24-23-4-2-1-3-17(23)9-10-27-24)14-21(15-20)28-25(30)18-5-7-22(8-6-18)29-11-12-32-16-33(29)31/h1-10,13-15H,11-12,16H2,(H,28,30). The second kappa shape index (κ2) is 9.31. The van der Waals surface area contributed by atoms with Gasteiger partial charge in [-0.15, -0.1) is 0 Å². The van der Waals surface area contributed by atoms with Crippen molar-refractivity contribution in [2.45, 2.75) is 0 Å². The van der Waals surface area contributed by atoms with Crippen molar-refractivity contribution in [3.63, 3.8) is 0 Å². The van der Waals surface area contributed by atoms with Crippen molar-refractivity contribution in [2.24, 2.45) is 0 Å². The number of pyridine rings is 1. The second-order valence-corrected chi connectivity index (χ2v) is 9.32. The van der Waals surface area contributed by atoms with Crippen LogP contribution in [0.15, 0.2) is 79.0 Å². The van der Waals surface area contributed by atoms with E-state index in [0.29, 0.717) is 29.4 Å². The molecule has 1 aromatic heterocycles. The number of ether oxygens (including phenoxy) is 1. The van der Waals surface area contributed by atoms with Crippen LogP contribution in [0.1, 0.15) is 10.4 Å². The summed E-state index contributed by atoms with van der Waals surface area (Å²) < 4.78 is 19.1. The molecule has 2 heterocycles. The van der Waals surface area contributed by atoms with Gasteiger partial charge >= 0.3 is 0 Å². The van der Waals surface area contributed by atoms with Gasteiger partial charge in [0, 0.05) is 39.1 Å². The number of nitrogens with zero attached hydrogens (tertiary/aromatic N) is 2. The topological polar surface area (TPSA) is 71.5 Å². The van der Waals surface area contributed by atoms with Crippen molar-refractivity contribution in [1.29, 1.82) is 0 Å². The minimum Gasteiger partial charge on any atom is -0.364 e. The Bertz CT molecular complexity index is 1360. The van der Waals surface area contributed by atoms with Gasteiger partial charge in [-0.3, -0.25) is 14.1 Å². The van der Waals surface area contributed by atoms with Crippen LogP contribution < -0.4 is 9.62 Å². The molecule has 1 N–H and O–H groups in total. The number of anilines is 2. The van der Waals surface area contributed by atoms with E-state index in [1.54, 1.807) is 40.8 Å². The molecule has 1 amide bonds. The van der Waals surface area contributed by atoms with E-state index in [9.17, 15) is 9.00 Å². The highest BCUT2D eigenvalue weighted by Crippen LogP contribution is 2.31. The maximum atomic E-state index is 12.9. The van der Waals surface area contributed by atoms with Gasteiger partial charge in [0.05, 0.1) is 18.8 Å². The number of benzene rings is 3. The maximum absolute atomic E-state index is 12.9. The first kappa shape index (κ1) is 21.6. The van der Waals surface area contributed by atoms with E-state index < -0.39 is 11.0 Å². The van der Waals surface area contributed by atoms with Gasteiger partial charge in [-0.2, -0.15) is 0 Å². The van der Waals surface area contributed by atoms with Gasteiger partial charge in [0.25, 0.3) is 5.91 Å². The third-order valence-corrected chi connectivity index (χ3v) is 6.86. The Kier molecular flexibility index (Phi) is 6.09. The molecule has 0 bridgehead atoms. The van der Waals surface area contributed by atoms with Crippen LogP contribution in [0, 0.1) is 0 Å². The van der Waals surface area contributed by atoms with Crippen molar-refractivity contribution < 1.29 is 13.7 Å². The molecule has 1 atom stereocenters. The van der Waals surface area contributed by atoms with E-state index in [0.717, 1.165) is 27.7 Å². The Morgan fingerprint density at radius 3 is 2.70 bits per heavy atom. The van der Waals surface area contributed by atoms with Crippen LogP contribution >= 0.6 is 11.6 Å². The average Bonchev–Trinajstić information content (AvgIpc) is 2.84. The summed E-state index contributed by atoms with van der Waals surface area (Å²) in [4.78, 5) is 17.4. The van der Waals surface area contributed by atoms with E-state index in [1.165, 1.54) is 0 Å². The number of carbonyl (C=O) groups excluding carboxylic acids is 1. The lowest BCUT2D eigenvalue weighted by Crippen LogP contribution is -2.36. The summed E-state index contributed by atoms with van der Waals surface area (Å²) in [6.45, 7) is 1.07. The minimum absolute atomic E-state index is 0.185. The number of nitrogens with one attached hydrogen (secondary N) is 1. The molecular formula is C25H20ClN3O3S. The summed E-state index contributed by atoms with van der Waals surface area (Å²) in [5.74, 6) is -0.0750. The zero-order valence-electron chi connectivity index (χ0n) is 17.5. The van der Waals surface area contributed by atoms with Crippen molar-refractivity contribution >= 4 is 50.6 Å². The van der Waals surface area contributed by atoms with Crippen LogP contribution in [0.5, 0.6) is 0 Å². The van der Waals surface area contributed by atoms with Gasteiger partial charge in [-0.1, -0.05) is 35.9 Å². The molecule has 166 valence electrons. The van der Waals surface area contributed by atoms with Gasteiger partial charge in [0.15, 0.2) is 0 Å². The molecule has 0 radical (unpaired) electrons. The Morgan fingerprint density at radius 1 is 1.06 bits per heavy atom. The first-order valence-electron chi connectivity index (χ1n) is 10.4. The lowest BCUT2D eigenvalue weighted by Gasteiger charge is -2.27. The first-order valence-corrected chi connectivity index (χ1v) is 12.0. The molecule has 1 saturated heterocycles. The zero-order chi connectivity index (χ0) is 22.8. The number of rotatable bonds is 4. The van der Waals surface area contributed by atoms with Gasteiger partial charge in [-0.05, 0) is 53.9 Å². The molecule has 1 aliphatic rings. The van der Waals surface area contributed by atoms with Crippen LogP contribution in [0.25, 0.3) is 22.0 Å². The quantitative estimate of drug-likeness (QED) is 0.435. The minimum atomic E-state index is -1.22. The van der Waals surface area contributed by atoms with E-state index in [1.807, 2.05) is 42.5 Å². The second-order valence-electron chi connectivity index (χ2n) is 7.56. The molecule has 6 nitrogen and oxygen atoms in total. The fourth-order valence-electron chi connectivity index (χ4n) is 3.82. The molecule has 5 rings (SSSR count). The molecule has 0 spiro atoms. The third-order valence-electron chi connectivity index (χ3n) is 5.39. The highest BCUT2D eigenvalue weighted by molar-refractivity contribution is 7.86. The number of amides is 1. The molecule has 33 heavy (non-hydrogen) atoms. The number of carbonyl (C=O) groups is 1. The normalized spacial score (nSPS) is 16.0. The number of hydrogen-bond donors (Lipinski definition) is 1. The molecule has 1 fully saturated rings. The molecular weight excluding hydrogens is 458 g/mol. The monoisotopic (exact) mass is 477 g/mol. The van der Waals surface area contributed by atoms with Crippen molar-refractivity contribution in [3.8, 4) is 11.3 Å². The Hall–Kier alpha value is -3.26. The van der Waals surface area contributed by atoms with E-state index in [-0.39, 0.29) is 11.8 Å². The van der Waals surface area contributed by atoms with Crippen molar-refractivity contribution in [1.82, 2.24) is 4.98 Å². The number of halogens is 1. The van der Waals surface area contributed by atoms with E-state index in [2.05, 4.69) is 10.3 Å². The summed E-state index contributed by atoms with van der Waals surface area (Å²) in [6, 6.07) is 22.4. The number of fused-ring (bicyclic) bond motifs is 1. The first-order chi connectivity index (χ1) is 16.1. The van der Waals surface area contributed by atoms with Crippen LogP contribution in [0.4, 0.5) is 11.4 Å². The molecule has 3 aromatic carbocycles. The predicted octanol–water partition coefficient (Wildman–Crippen LogP) is 5.27. The highest BCUT2D eigenvalue weighted by atomic mass is 35.5. The zero-order valence-corrected chi connectivity index (χ0v) is 19.1. The average molecular weight is 478 g/mol.